The molecule has 1 saturated heterocycles. The largest absolute Gasteiger partial charge is 0.436 e. The maximum atomic E-state index is 5.90. The molecule has 1 aromatic heterocycles. The van der Waals surface area contributed by atoms with Crippen LogP contribution >= 0.6 is 0 Å². The Hall–Kier alpha value is -2.59. The lowest BCUT2D eigenvalue weighted by Crippen LogP contribution is -2.36. The van der Waals surface area contributed by atoms with Gasteiger partial charge in [0, 0.05) is 29.9 Å². The molecule has 116 valence electrons. The van der Waals surface area contributed by atoms with Crippen LogP contribution in [0.2, 0.25) is 0 Å². The predicted molar refractivity (Wildman–Crippen MR) is 90.4 cm³/mol. The van der Waals surface area contributed by atoms with Crippen LogP contribution in [0.3, 0.4) is 0 Å². The van der Waals surface area contributed by atoms with Crippen LogP contribution < -0.4 is 4.90 Å². The summed E-state index contributed by atoms with van der Waals surface area (Å²) in [6.45, 7) is 3.48. The number of morpholine rings is 1. The van der Waals surface area contributed by atoms with Gasteiger partial charge >= 0.3 is 0 Å². The number of aromatic nitrogens is 1. The van der Waals surface area contributed by atoms with Crippen LogP contribution in [0.15, 0.2) is 65.2 Å². The molecule has 0 amide bonds. The number of oxazole rings is 1. The second kappa shape index (κ2) is 6.26. The van der Waals surface area contributed by atoms with E-state index < -0.39 is 0 Å². The summed E-state index contributed by atoms with van der Waals surface area (Å²) < 4.78 is 11.3. The van der Waals surface area contributed by atoms with Gasteiger partial charge in [0.2, 0.25) is 5.89 Å². The van der Waals surface area contributed by atoms with E-state index in [1.54, 1.807) is 6.20 Å². The van der Waals surface area contributed by atoms with Crippen molar-refractivity contribution in [3.8, 4) is 22.8 Å². The summed E-state index contributed by atoms with van der Waals surface area (Å²) in [6, 6.07) is 18.4. The predicted octanol–water partition coefficient (Wildman–Crippen LogP) is 3.85. The quantitative estimate of drug-likeness (QED) is 0.737. The minimum atomic E-state index is 0.651. The molecule has 4 heteroatoms. The second-order valence-corrected chi connectivity index (χ2v) is 5.54. The fraction of sp³-hybridized carbons (Fsp3) is 0.211. The molecular weight excluding hydrogens is 288 g/mol. The molecule has 3 aromatic rings. The average molecular weight is 306 g/mol. The summed E-state index contributed by atoms with van der Waals surface area (Å²) in [7, 11) is 0. The smallest absolute Gasteiger partial charge is 0.226 e. The molecule has 2 heterocycles. The first-order valence-electron chi connectivity index (χ1n) is 7.84. The molecule has 23 heavy (non-hydrogen) atoms. The maximum absolute atomic E-state index is 5.90. The molecule has 0 aliphatic carbocycles. The van der Waals surface area contributed by atoms with Crippen molar-refractivity contribution in [1.82, 2.24) is 4.98 Å². The lowest BCUT2D eigenvalue weighted by molar-refractivity contribution is 0.122. The molecule has 0 radical (unpaired) electrons. The van der Waals surface area contributed by atoms with Gasteiger partial charge in [0.1, 0.15) is 0 Å². The number of ether oxygens (including phenoxy) is 1. The lowest BCUT2D eigenvalue weighted by atomic mass is 10.1. The van der Waals surface area contributed by atoms with Crippen molar-refractivity contribution in [2.45, 2.75) is 0 Å². The molecule has 1 fully saturated rings. The van der Waals surface area contributed by atoms with Crippen molar-refractivity contribution in [3.05, 3.63) is 60.8 Å². The van der Waals surface area contributed by atoms with E-state index >= 15 is 0 Å². The van der Waals surface area contributed by atoms with Crippen molar-refractivity contribution in [2.75, 3.05) is 31.2 Å². The topological polar surface area (TPSA) is 38.5 Å². The summed E-state index contributed by atoms with van der Waals surface area (Å²) in [6.07, 6.45) is 1.78. The maximum Gasteiger partial charge on any atom is 0.226 e. The zero-order valence-corrected chi connectivity index (χ0v) is 12.8. The molecule has 1 aliphatic heterocycles. The third-order valence-electron chi connectivity index (χ3n) is 4.05. The van der Waals surface area contributed by atoms with Gasteiger partial charge in [-0.2, -0.15) is 0 Å². The van der Waals surface area contributed by atoms with Gasteiger partial charge in [-0.3, -0.25) is 0 Å². The molecule has 0 atom stereocenters. The van der Waals surface area contributed by atoms with E-state index in [1.165, 1.54) is 5.69 Å². The SMILES string of the molecule is c1ccc(-c2ncc(-c3ccc(N4CCOCC4)cc3)o2)cc1. The number of rotatable bonds is 3. The first-order valence-corrected chi connectivity index (χ1v) is 7.84. The van der Waals surface area contributed by atoms with E-state index in [-0.39, 0.29) is 0 Å². The number of nitrogens with zero attached hydrogens (tertiary/aromatic N) is 2. The minimum Gasteiger partial charge on any atom is -0.436 e. The van der Waals surface area contributed by atoms with E-state index in [9.17, 15) is 0 Å². The third kappa shape index (κ3) is 2.98. The molecule has 0 unspecified atom stereocenters. The van der Waals surface area contributed by atoms with Gasteiger partial charge in [-0.1, -0.05) is 18.2 Å². The zero-order valence-electron chi connectivity index (χ0n) is 12.8. The van der Waals surface area contributed by atoms with Crippen LogP contribution in [0.25, 0.3) is 22.8 Å². The number of hydrogen-bond donors (Lipinski definition) is 0. The van der Waals surface area contributed by atoms with Gasteiger partial charge in [0.15, 0.2) is 5.76 Å². The van der Waals surface area contributed by atoms with Crippen LogP contribution in [-0.2, 0) is 4.74 Å². The molecule has 1 aliphatic rings. The number of benzene rings is 2. The van der Waals surface area contributed by atoms with Crippen molar-refractivity contribution in [1.29, 1.82) is 0 Å². The molecule has 0 N–H and O–H groups in total. The first kappa shape index (κ1) is 14.0. The highest BCUT2D eigenvalue weighted by Crippen LogP contribution is 2.27. The van der Waals surface area contributed by atoms with Gasteiger partial charge in [-0.05, 0) is 36.4 Å². The van der Waals surface area contributed by atoms with Gasteiger partial charge in [0.25, 0.3) is 0 Å². The molecule has 4 rings (SSSR count). The van der Waals surface area contributed by atoms with Gasteiger partial charge in [0.05, 0.1) is 19.4 Å². The molecule has 2 aromatic carbocycles. The van der Waals surface area contributed by atoms with Crippen LogP contribution in [0.5, 0.6) is 0 Å². The Labute approximate surface area is 135 Å². The normalized spacial score (nSPS) is 14.9. The zero-order chi connectivity index (χ0) is 15.5. The molecule has 0 bridgehead atoms. The summed E-state index contributed by atoms with van der Waals surface area (Å²) >= 11 is 0. The summed E-state index contributed by atoms with van der Waals surface area (Å²) in [5, 5.41) is 0. The van der Waals surface area contributed by atoms with Crippen molar-refractivity contribution >= 4 is 5.69 Å². The Kier molecular flexibility index (Phi) is 3.82. The minimum absolute atomic E-state index is 0.651. The van der Waals surface area contributed by atoms with Crippen LogP contribution in [0.1, 0.15) is 0 Å². The van der Waals surface area contributed by atoms with Crippen LogP contribution in [-0.4, -0.2) is 31.3 Å². The Balaban J connectivity index is 1.55. The molecule has 4 nitrogen and oxygen atoms in total. The standard InChI is InChI=1S/C19H18N2O2/c1-2-4-16(5-3-1)19-20-14-18(23-19)15-6-8-17(9-7-15)21-10-12-22-13-11-21/h1-9,14H,10-13H2. The summed E-state index contributed by atoms with van der Waals surface area (Å²) in [4.78, 5) is 6.72. The fourth-order valence-electron chi connectivity index (χ4n) is 2.78. The van der Waals surface area contributed by atoms with Crippen LogP contribution in [0, 0.1) is 0 Å². The monoisotopic (exact) mass is 306 g/mol. The molecule has 0 spiro atoms. The van der Waals surface area contributed by atoms with Gasteiger partial charge < -0.3 is 14.1 Å². The highest BCUT2D eigenvalue weighted by atomic mass is 16.5. The van der Waals surface area contributed by atoms with E-state index in [0.717, 1.165) is 43.2 Å². The van der Waals surface area contributed by atoms with Crippen LogP contribution in [0.4, 0.5) is 5.69 Å². The third-order valence-corrected chi connectivity index (χ3v) is 4.05. The first-order chi connectivity index (χ1) is 11.4. The second-order valence-electron chi connectivity index (χ2n) is 5.54. The van der Waals surface area contributed by atoms with E-state index in [0.29, 0.717) is 5.89 Å². The van der Waals surface area contributed by atoms with Crippen molar-refractivity contribution in [2.24, 2.45) is 0 Å². The summed E-state index contributed by atoms with van der Waals surface area (Å²) in [5.74, 6) is 1.44. The van der Waals surface area contributed by atoms with Gasteiger partial charge in [-0.15, -0.1) is 0 Å². The summed E-state index contributed by atoms with van der Waals surface area (Å²) in [5.41, 5.74) is 3.25. The number of anilines is 1. The van der Waals surface area contributed by atoms with E-state index in [1.807, 2.05) is 30.3 Å². The van der Waals surface area contributed by atoms with Gasteiger partial charge in [-0.25, -0.2) is 4.98 Å². The Morgan fingerprint density at radius 1 is 0.826 bits per heavy atom. The average Bonchev–Trinajstić information content (AvgIpc) is 3.14. The Morgan fingerprint density at radius 3 is 2.30 bits per heavy atom. The highest BCUT2D eigenvalue weighted by molar-refractivity contribution is 5.64. The Morgan fingerprint density at radius 2 is 1.57 bits per heavy atom. The van der Waals surface area contributed by atoms with Crippen molar-refractivity contribution in [3.63, 3.8) is 0 Å². The van der Waals surface area contributed by atoms with Crippen molar-refractivity contribution < 1.29 is 9.15 Å². The van der Waals surface area contributed by atoms with E-state index in [2.05, 4.69) is 34.1 Å². The number of hydrogen-bond acceptors (Lipinski definition) is 4. The molecular formula is C19H18N2O2. The molecule has 0 saturated carbocycles. The highest BCUT2D eigenvalue weighted by Gasteiger charge is 2.12. The lowest BCUT2D eigenvalue weighted by Gasteiger charge is -2.28. The van der Waals surface area contributed by atoms with E-state index in [4.69, 9.17) is 9.15 Å². The Bertz CT molecular complexity index is 760. The fourth-order valence-corrected chi connectivity index (χ4v) is 2.78.